The second-order valence-electron chi connectivity index (χ2n) is 4.92. The molecule has 1 amide bonds. The Kier molecular flexibility index (Phi) is 5.31. The molecule has 0 spiro atoms. The van der Waals surface area contributed by atoms with Crippen LogP contribution in [0.1, 0.15) is 35.7 Å². The first-order chi connectivity index (χ1) is 10.6. The van der Waals surface area contributed by atoms with Crippen LogP contribution in [0.25, 0.3) is 0 Å². The molecule has 2 rings (SSSR count). The van der Waals surface area contributed by atoms with E-state index in [1.165, 1.54) is 0 Å². The molecule has 1 atom stereocenters. The molecular formula is C18H19NO3. The number of ether oxygens (including phenoxy) is 1. The number of hydrogen-bond donors (Lipinski definition) is 1. The predicted octanol–water partition coefficient (Wildman–Crippen LogP) is 3.61. The van der Waals surface area contributed by atoms with Gasteiger partial charge in [-0.25, -0.2) is 4.79 Å². The maximum absolute atomic E-state index is 12.3. The zero-order valence-electron chi connectivity index (χ0n) is 12.7. The van der Waals surface area contributed by atoms with Crippen molar-refractivity contribution in [3.8, 4) is 0 Å². The summed E-state index contributed by atoms with van der Waals surface area (Å²) in [6, 6.07) is 16.3. The molecular weight excluding hydrogens is 278 g/mol. The molecule has 2 aromatic rings. The highest BCUT2D eigenvalue weighted by Gasteiger charge is 2.15. The average Bonchev–Trinajstić information content (AvgIpc) is 2.55. The molecule has 0 bridgehead atoms. The van der Waals surface area contributed by atoms with Crippen LogP contribution in [0.3, 0.4) is 0 Å². The third-order valence-corrected chi connectivity index (χ3v) is 3.33. The fraction of sp³-hybridized carbons (Fsp3) is 0.222. The van der Waals surface area contributed by atoms with Crippen molar-refractivity contribution < 1.29 is 14.3 Å². The van der Waals surface area contributed by atoms with Gasteiger partial charge in [0.05, 0.1) is 18.1 Å². The molecule has 0 aromatic heterocycles. The first-order valence-electron chi connectivity index (χ1n) is 7.24. The molecule has 0 saturated heterocycles. The number of esters is 1. The Morgan fingerprint density at radius 3 is 2.50 bits per heavy atom. The second-order valence-corrected chi connectivity index (χ2v) is 4.92. The van der Waals surface area contributed by atoms with Crippen molar-refractivity contribution in [2.45, 2.75) is 19.8 Å². The van der Waals surface area contributed by atoms with Gasteiger partial charge >= 0.3 is 5.97 Å². The lowest BCUT2D eigenvalue weighted by atomic mass is 10.0. The molecule has 4 heteroatoms. The number of amides is 1. The topological polar surface area (TPSA) is 55.4 Å². The van der Waals surface area contributed by atoms with Gasteiger partial charge in [-0.05, 0) is 37.6 Å². The molecule has 114 valence electrons. The fourth-order valence-electron chi connectivity index (χ4n) is 2.08. The maximum Gasteiger partial charge on any atom is 0.338 e. The number of rotatable bonds is 5. The van der Waals surface area contributed by atoms with Gasteiger partial charge in [-0.15, -0.1) is 0 Å². The lowest BCUT2D eigenvalue weighted by molar-refractivity contribution is -0.117. The number of nitrogens with one attached hydrogen (secondary N) is 1. The van der Waals surface area contributed by atoms with Crippen LogP contribution in [0, 0.1) is 0 Å². The summed E-state index contributed by atoms with van der Waals surface area (Å²) in [5, 5.41) is 2.83. The van der Waals surface area contributed by atoms with Crippen molar-refractivity contribution in [2.24, 2.45) is 0 Å². The van der Waals surface area contributed by atoms with Crippen LogP contribution in [0.5, 0.6) is 0 Å². The molecule has 2 aromatic carbocycles. The van der Waals surface area contributed by atoms with Crippen LogP contribution in [-0.4, -0.2) is 18.5 Å². The van der Waals surface area contributed by atoms with E-state index < -0.39 is 5.97 Å². The van der Waals surface area contributed by atoms with Crippen LogP contribution < -0.4 is 5.32 Å². The Balaban J connectivity index is 2.09. The van der Waals surface area contributed by atoms with Crippen LogP contribution >= 0.6 is 0 Å². The van der Waals surface area contributed by atoms with E-state index in [-0.39, 0.29) is 11.8 Å². The molecule has 4 nitrogen and oxygen atoms in total. The number of carbonyl (C=O) groups is 2. The van der Waals surface area contributed by atoms with Crippen molar-refractivity contribution in [3.05, 3.63) is 65.7 Å². The molecule has 22 heavy (non-hydrogen) atoms. The van der Waals surface area contributed by atoms with E-state index in [1.54, 1.807) is 31.2 Å². The highest BCUT2D eigenvalue weighted by Crippen LogP contribution is 2.18. The summed E-state index contributed by atoms with van der Waals surface area (Å²) in [4.78, 5) is 24.0. The summed E-state index contributed by atoms with van der Waals surface area (Å²) in [6.07, 6.45) is 0. The molecule has 0 radical (unpaired) electrons. The fourth-order valence-corrected chi connectivity index (χ4v) is 2.08. The standard InChI is InChI=1S/C18H19NO3/c1-3-22-18(21)15-10-7-11-16(12-15)19-17(20)13(2)14-8-5-4-6-9-14/h4-13H,3H2,1-2H3,(H,19,20)/t13-/m0/s1. The lowest BCUT2D eigenvalue weighted by Crippen LogP contribution is -2.19. The monoisotopic (exact) mass is 297 g/mol. The summed E-state index contributed by atoms with van der Waals surface area (Å²) >= 11 is 0. The quantitative estimate of drug-likeness (QED) is 0.858. The summed E-state index contributed by atoms with van der Waals surface area (Å²) in [6.45, 7) is 3.92. The zero-order chi connectivity index (χ0) is 15.9. The van der Waals surface area contributed by atoms with Crippen LogP contribution in [-0.2, 0) is 9.53 Å². The van der Waals surface area contributed by atoms with E-state index in [2.05, 4.69) is 5.32 Å². The molecule has 0 aliphatic rings. The van der Waals surface area contributed by atoms with Gasteiger partial charge in [0.25, 0.3) is 0 Å². The number of hydrogen-bond acceptors (Lipinski definition) is 3. The van der Waals surface area contributed by atoms with Gasteiger partial charge < -0.3 is 10.1 Å². The van der Waals surface area contributed by atoms with Crippen molar-refractivity contribution >= 4 is 17.6 Å². The lowest BCUT2D eigenvalue weighted by Gasteiger charge is -2.13. The largest absolute Gasteiger partial charge is 0.462 e. The maximum atomic E-state index is 12.3. The van der Waals surface area contributed by atoms with Gasteiger partial charge in [-0.3, -0.25) is 4.79 Å². The van der Waals surface area contributed by atoms with Crippen molar-refractivity contribution in [3.63, 3.8) is 0 Å². The van der Waals surface area contributed by atoms with Crippen molar-refractivity contribution in [1.82, 2.24) is 0 Å². The Morgan fingerprint density at radius 1 is 1.09 bits per heavy atom. The van der Waals surface area contributed by atoms with Crippen LogP contribution in [0.15, 0.2) is 54.6 Å². The zero-order valence-corrected chi connectivity index (χ0v) is 12.7. The second kappa shape index (κ2) is 7.41. The minimum Gasteiger partial charge on any atom is -0.462 e. The summed E-state index contributed by atoms with van der Waals surface area (Å²) in [5.41, 5.74) is 1.95. The van der Waals surface area contributed by atoms with Gasteiger partial charge in [-0.1, -0.05) is 36.4 Å². The average molecular weight is 297 g/mol. The van der Waals surface area contributed by atoms with E-state index in [4.69, 9.17) is 4.74 Å². The highest BCUT2D eigenvalue weighted by molar-refractivity contribution is 5.97. The molecule has 0 saturated carbocycles. The number of carbonyl (C=O) groups excluding carboxylic acids is 2. The first kappa shape index (κ1) is 15.8. The molecule has 0 aliphatic heterocycles. The van der Waals surface area contributed by atoms with E-state index in [0.717, 1.165) is 5.56 Å². The smallest absolute Gasteiger partial charge is 0.338 e. The van der Waals surface area contributed by atoms with Gasteiger partial charge in [0.1, 0.15) is 0 Å². The Hall–Kier alpha value is -2.62. The summed E-state index contributed by atoms with van der Waals surface area (Å²) < 4.78 is 4.95. The normalized spacial score (nSPS) is 11.5. The molecule has 0 aliphatic carbocycles. The van der Waals surface area contributed by atoms with Gasteiger partial charge in [0.15, 0.2) is 0 Å². The molecule has 0 heterocycles. The molecule has 1 N–H and O–H groups in total. The molecule has 0 fully saturated rings. The van der Waals surface area contributed by atoms with E-state index in [1.807, 2.05) is 37.3 Å². The van der Waals surface area contributed by atoms with Gasteiger partial charge in [0.2, 0.25) is 5.91 Å². The Labute approximate surface area is 130 Å². The Morgan fingerprint density at radius 2 is 1.82 bits per heavy atom. The SMILES string of the molecule is CCOC(=O)c1cccc(NC(=O)[C@@H](C)c2ccccc2)c1. The van der Waals surface area contributed by atoms with Gasteiger partial charge in [-0.2, -0.15) is 0 Å². The van der Waals surface area contributed by atoms with E-state index in [9.17, 15) is 9.59 Å². The third kappa shape index (κ3) is 3.95. The highest BCUT2D eigenvalue weighted by atomic mass is 16.5. The first-order valence-corrected chi connectivity index (χ1v) is 7.24. The number of anilines is 1. The van der Waals surface area contributed by atoms with E-state index in [0.29, 0.717) is 17.9 Å². The van der Waals surface area contributed by atoms with Crippen molar-refractivity contribution in [2.75, 3.05) is 11.9 Å². The van der Waals surface area contributed by atoms with E-state index >= 15 is 0 Å². The minimum atomic E-state index is -0.394. The minimum absolute atomic E-state index is 0.118. The van der Waals surface area contributed by atoms with Crippen LogP contribution in [0.4, 0.5) is 5.69 Å². The summed E-state index contributed by atoms with van der Waals surface area (Å²) in [7, 11) is 0. The summed E-state index contributed by atoms with van der Waals surface area (Å²) in [5.74, 6) is -0.783. The third-order valence-electron chi connectivity index (χ3n) is 3.33. The molecule has 0 unspecified atom stereocenters. The predicted molar refractivity (Wildman–Crippen MR) is 85.9 cm³/mol. The van der Waals surface area contributed by atoms with Crippen LogP contribution in [0.2, 0.25) is 0 Å². The number of benzene rings is 2. The Bertz CT molecular complexity index is 652. The van der Waals surface area contributed by atoms with Crippen molar-refractivity contribution in [1.29, 1.82) is 0 Å². The van der Waals surface area contributed by atoms with Gasteiger partial charge in [0, 0.05) is 5.69 Å².